The minimum Gasteiger partial charge on any atom is -0.445 e. The molecular formula is C22H29N5O3. The minimum atomic E-state index is -0.296. The van der Waals surface area contributed by atoms with Crippen molar-refractivity contribution in [3.8, 4) is 0 Å². The van der Waals surface area contributed by atoms with Gasteiger partial charge in [0.1, 0.15) is 18.1 Å². The molecule has 8 nitrogen and oxygen atoms in total. The van der Waals surface area contributed by atoms with Crippen molar-refractivity contribution in [1.82, 2.24) is 19.8 Å². The van der Waals surface area contributed by atoms with E-state index in [0.717, 1.165) is 5.56 Å². The highest BCUT2D eigenvalue weighted by Gasteiger charge is 2.34. The average Bonchev–Trinajstić information content (AvgIpc) is 2.77. The third-order valence-corrected chi connectivity index (χ3v) is 5.22. The maximum Gasteiger partial charge on any atom is 0.410 e. The second-order valence-corrected chi connectivity index (χ2v) is 7.95. The quantitative estimate of drug-likeness (QED) is 0.753. The molecule has 1 aliphatic heterocycles. The fraction of sp³-hybridized carbons (Fsp3) is 0.455. The van der Waals surface area contributed by atoms with Crippen LogP contribution in [-0.4, -0.2) is 71.5 Å². The van der Waals surface area contributed by atoms with Crippen LogP contribution >= 0.6 is 0 Å². The van der Waals surface area contributed by atoms with Gasteiger partial charge in [-0.3, -0.25) is 4.79 Å². The van der Waals surface area contributed by atoms with Gasteiger partial charge in [0.2, 0.25) is 0 Å². The zero-order chi connectivity index (χ0) is 21.7. The molecule has 0 saturated carbocycles. The average molecular weight is 412 g/mol. The van der Waals surface area contributed by atoms with Crippen LogP contribution in [0, 0.1) is 5.92 Å². The molecule has 0 aliphatic carbocycles. The largest absolute Gasteiger partial charge is 0.445 e. The Morgan fingerprint density at radius 2 is 1.87 bits per heavy atom. The van der Waals surface area contributed by atoms with Crippen molar-refractivity contribution in [3.05, 3.63) is 54.0 Å². The summed E-state index contributed by atoms with van der Waals surface area (Å²) in [5.74, 6) is 0.771. The Bertz CT molecular complexity index is 855. The lowest BCUT2D eigenvalue weighted by molar-refractivity contribution is 0.0655. The van der Waals surface area contributed by atoms with Crippen LogP contribution in [0.2, 0.25) is 0 Å². The van der Waals surface area contributed by atoms with Crippen molar-refractivity contribution in [2.45, 2.75) is 26.5 Å². The Morgan fingerprint density at radius 1 is 1.13 bits per heavy atom. The van der Waals surface area contributed by atoms with Gasteiger partial charge in [-0.1, -0.05) is 44.2 Å². The molecule has 0 spiro atoms. The van der Waals surface area contributed by atoms with Gasteiger partial charge in [-0.25, -0.2) is 14.8 Å². The number of ether oxygens (including phenoxy) is 1. The molecule has 8 heteroatoms. The summed E-state index contributed by atoms with van der Waals surface area (Å²) < 4.78 is 5.55. The molecule has 1 aromatic carbocycles. The summed E-state index contributed by atoms with van der Waals surface area (Å²) in [7, 11) is 3.36. The maximum atomic E-state index is 12.7. The molecule has 1 fully saturated rings. The van der Waals surface area contributed by atoms with Crippen LogP contribution in [0.5, 0.6) is 0 Å². The van der Waals surface area contributed by atoms with Crippen LogP contribution in [0.1, 0.15) is 29.9 Å². The number of amides is 2. The normalized spacial score (nSPS) is 16.5. The first-order valence-corrected chi connectivity index (χ1v) is 10.1. The van der Waals surface area contributed by atoms with Crippen LogP contribution in [-0.2, 0) is 11.3 Å². The van der Waals surface area contributed by atoms with Gasteiger partial charge in [-0.05, 0) is 11.5 Å². The fourth-order valence-corrected chi connectivity index (χ4v) is 3.44. The Kier molecular flexibility index (Phi) is 6.87. The van der Waals surface area contributed by atoms with E-state index in [1.54, 1.807) is 20.3 Å². The van der Waals surface area contributed by atoms with Gasteiger partial charge in [0.25, 0.3) is 5.91 Å². The smallest absolute Gasteiger partial charge is 0.410 e. The van der Waals surface area contributed by atoms with E-state index >= 15 is 0 Å². The second kappa shape index (κ2) is 9.56. The van der Waals surface area contributed by atoms with Crippen LogP contribution in [0.25, 0.3) is 0 Å². The van der Waals surface area contributed by atoms with Gasteiger partial charge in [0.15, 0.2) is 0 Å². The maximum absolute atomic E-state index is 12.7. The lowest BCUT2D eigenvalue weighted by Gasteiger charge is -2.43. The van der Waals surface area contributed by atoms with Crippen molar-refractivity contribution in [2.24, 2.45) is 5.92 Å². The molecule has 1 unspecified atom stereocenters. The number of benzene rings is 1. The first-order valence-electron chi connectivity index (χ1n) is 10.1. The first kappa shape index (κ1) is 21.5. The van der Waals surface area contributed by atoms with Crippen molar-refractivity contribution in [1.29, 1.82) is 0 Å². The van der Waals surface area contributed by atoms with E-state index in [-0.39, 0.29) is 30.6 Å². The van der Waals surface area contributed by atoms with Crippen LogP contribution < -0.4 is 4.90 Å². The number of rotatable bonds is 5. The van der Waals surface area contributed by atoms with Crippen molar-refractivity contribution >= 4 is 17.8 Å². The van der Waals surface area contributed by atoms with Gasteiger partial charge >= 0.3 is 6.09 Å². The molecule has 0 N–H and O–H groups in total. The Balaban J connectivity index is 1.64. The predicted octanol–water partition coefficient (Wildman–Crippen LogP) is 2.66. The summed E-state index contributed by atoms with van der Waals surface area (Å²) in [4.78, 5) is 38.8. The van der Waals surface area contributed by atoms with Crippen LogP contribution in [0.15, 0.2) is 42.7 Å². The van der Waals surface area contributed by atoms with Gasteiger partial charge in [0, 0.05) is 33.7 Å². The van der Waals surface area contributed by atoms with Gasteiger partial charge in [0.05, 0.1) is 18.4 Å². The van der Waals surface area contributed by atoms with E-state index in [2.05, 4.69) is 28.7 Å². The molecular weight excluding hydrogens is 382 g/mol. The van der Waals surface area contributed by atoms with Gasteiger partial charge < -0.3 is 19.4 Å². The molecule has 0 bridgehead atoms. The molecule has 2 aromatic rings. The third-order valence-electron chi connectivity index (χ3n) is 5.22. The monoisotopic (exact) mass is 411 g/mol. The number of aromatic nitrogens is 2. The first-order chi connectivity index (χ1) is 14.4. The number of carbonyl (C=O) groups is 2. The number of carbonyl (C=O) groups excluding carboxylic acids is 2. The highest BCUT2D eigenvalue weighted by Crippen LogP contribution is 2.22. The molecule has 30 heavy (non-hydrogen) atoms. The van der Waals surface area contributed by atoms with E-state index in [1.165, 1.54) is 11.1 Å². The van der Waals surface area contributed by atoms with Crippen molar-refractivity contribution in [3.63, 3.8) is 0 Å². The molecule has 1 aromatic heterocycles. The SMILES string of the molecule is CC(C)C1CN(c2cnc(C(=O)N(C)C)cn2)CCN1C(=O)OCc1ccccc1. The minimum absolute atomic E-state index is 0.00749. The molecule has 1 saturated heterocycles. The zero-order valence-corrected chi connectivity index (χ0v) is 18.0. The van der Waals surface area contributed by atoms with E-state index in [9.17, 15) is 9.59 Å². The summed E-state index contributed by atoms with van der Waals surface area (Å²) >= 11 is 0. The lowest BCUT2D eigenvalue weighted by atomic mass is 10.00. The Hall–Kier alpha value is -3.16. The predicted molar refractivity (Wildman–Crippen MR) is 114 cm³/mol. The standard InChI is InChI=1S/C22H29N5O3/c1-16(2)19-14-26(20-13-23-18(12-24-20)21(28)25(3)4)10-11-27(19)22(29)30-15-17-8-6-5-7-9-17/h5-9,12-13,16,19H,10-11,14-15H2,1-4H3. The second-order valence-electron chi connectivity index (χ2n) is 7.95. The number of piperazine rings is 1. The number of hydrogen-bond donors (Lipinski definition) is 0. The Labute approximate surface area is 177 Å². The molecule has 160 valence electrons. The topological polar surface area (TPSA) is 78.9 Å². The van der Waals surface area contributed by atoms with Crippen LogP contribution in [0.3, 0.4) is 0 Å². The van der Waals surface area contributed by atoms with Crippen molar-refractivity contribution < 1.29 is 14.3 Å². The van der Waals surface area contributed by atoms with E-state index < -0.39 is 0 Å². The van der Waals surface area contributed by atoms with E-state index in [1.807, 2.05) is 35.2 Å². The van der Waals surface area contributed by atoms with E-state index in [4.69, 9.17) is 4.74 Å². The molecule has 0 radical (unpaired) electrons. The molecule has 1 atom stereocenters. The van der Waals surface area contributed by atoms with Crippen molar-refractivity contribution in [2.75, 3.05) is 38.6 Å². The number of hydrogen-bond acceptors (Lipinski definition) is 6. The third kappa shape index (κ3) is 5.06. The zero-order valence-electron chi connectivity index (χ0n) is 18.0. The molecule has 2 amide bonds. The summed E-state index contributed by atoms with van der Waals surface area (Å²) in [5.41, 5.74) is 1.28. The number of nitrogens with zero attached hydrogens (tertiary/aromatic N) is 5. The van der Waals surface area contributed by atoms with Gasteiger partial charge in [-0.2, -0.15) is 0 Å². The van der Waals surface area contributed by atoms with Crippen LogP contribution in [0.4, 0.5) is 10.6 Å². The molecule has 3 rings (SSSR count). The van der Waals surface area contributed by atoms with Gasteiger partial charge in [-0.15, -0.1) is 0 Å². The highest BCUT2D eigenvalue weighted by molar-refractivity contribution is 5.91. The Morgan fingerprint density at radius 3 is 2.47 bits per heavy atom. The summed E-state index contributed by atoms with van der Waals surface area (Å²) in [5, 5.41) is 0. The lowest BCUT2D eigenvalue weighted by Crippen LogP contribution is -2.57. The summed E-state index contributed by atoms with van der Waals surface area (Å²) in [6.45, 7) is 6.24. The fourth-order valence-electron chi connectivity index (χ4n) is 3.44. The number of anilines is 1. The summed E-state index contributed by atoms with van der Waals surface area (Å²) in [6.07, 6.45) is 2.83. The van der Waals surface area contributed by atoms with E-state index in [0.29, 0.717) is 31.1 Å². The molecule has 1 aliphatic rings. The molecule has 2 heterocycles. The summed E-state index contributed by atoms with van der Waals surface area (Å²) in [6, 6.07) is 9.66. The highest BCUT2D eigenvalue weighted by atomic mass is 16.6.